The second-order valence-corrected chi connectivity index (χ2v) is 4.95. The number of ether oxygens (including phenoxy) is 1. The first-order chi connectivity index (χ1) is 10.3. The molecule has 0 aromatic heterocycles. The molecular weight excluding hydrogens is 258 g/mol. The summed E-state index contributed by atoms with van der Waals surface area (Å²) in [5, 5.41) is 3.19. The Morgan fingerprint density at radius 3 is 2.48 bits per heavy atom. The molecule has 0 aliphatic heterocycles. The Kier molecular flexibility index (Phi) is 6.04. The molecule has 0 saturated heterocycles. The number of nitrogens with one attached hydrogen (secondary N) is 1. The zero-order valence-electron chi connectivity index (χ0n) is 12.8. The van der Waals surface area contributed by atoms with Gasteiger partial charge in [-0.05, 0) is 44.1 Å². The molecule has 1 N–H and O–H groups in total. The third-order valence-electron chi connectivity index (χ3n) is 3.41. The number of para-hydroxylation sites is 1. The summed E-state index contributed by atoms with van der Waals surface area (Å²) < 4.78 is 6.02. The van der Waals surface area contributed by atoms with Crippen molar-refractivity contribution in [3.8, 4) is 5.75 Å². The van der Waals surface area contributed by atoms with E-state index in [1.165, 1.54) is 11.1 Å². The number of hydrogen-bond donors (Lipinski definition) is 1. The van der Waals surface area contributed by atoms with Crippen molar-refractivity contribution in [3.63, 3.8) is 0 Å². The van der Waals surface area contributed by atoms with E-state index in [9.17, 15) is 0 Å². The van der Waals surface area contributed by atoms with Gasteiger partial charge in [0.2, 0.25) is 0 Å². The summed E-state index contributed by atoms with van der Waals surface area (Å²) >= 11 is 0. The normalized spacial score (nSPS) is 11.0. The van der Waals surface area contributed by atoms with Crippen LogP contribution in [-0.4, -0.2) is 13.6 Å². The average Bonchev–Trinajstić information content (AvgIpc) is 2.53. The van der Waals surface area contributed by atoms with Gasteiger partial charge in [-0.3, -0.25) is 0 Å². The molecule has 0 bridgehead atoms. The summed E-state index contributed by atoms with van der Waals surface area (Å²) in [5.41, 5.74) is 3.71. The molecule has 0 spiro atoms. The Morgan fingerprint density at radius 2 is 1.71 bits per heavy atom. The Balaban J connectivity index is 2.10. The molecule has 2 aromatic carbocycles. The molecular formula is C19H23NO. The predicted molar refractivity (Wildman–Crippen MR) is 89.6 cm³/mol. The summed E-state index contributed by atoms with van der Waals surface area (Å²) in [6.45, 7) is 3.60. The number of likely N-dealkylation sites (N-methyl/N-ethyl adjacent to an activating group) is 1. The van der Waals surface area contributed by atoms with Crippen molar-refractivity contribution in [1.29, 1.82) is 0 Å². The second kappa shape index (κ2) is 8.28. The van der Waals surface area contributed by atoms with Crippen LogP contribution in [0.15, 0.2) is 54.6 Å². The highest BCUT2D eigenvalue weighted by atomic mass is 16.5. The highest BCUT2D eigenvalue weighted by molar-refractivity contribution is 5.56. The first-order valence-electron chi connectivity index (χ1n) is 7.41. The SMILES string of the molecule is C/C=C/c1ccccc1OCc1ccccc1CCNC. The Hall–Kier alpha value is -2.06. The Bertz CT molecular complexity index is 590. The van der Waals surface area contributed by atoms with Gasteiger partial charge in [-0.1, -0.05) is 54.6 Å². The number of allylic oxidation sites excluding steroid dienone is 1. The van der Waals surface area contributed by atoms with Gasteiger partial charge in [0, 0.05) is 5.56 Å². The monoisotopic (exact) mass is 281 g/mol. The average molecular weight is 281 g/mol. The predicted octanol–water partition coefficient (Wildman–Crippen LogP) is 4.06. The summed E-state index contributed by atoms with van der Waals surface area (Å²) in [6, 6.07) is 16.6. The van der Waals surface area contributed by atoms with E-state index < -0.39 is 0 Å². The standard InChI is InChI=1S/C19H23NO/c1-3-8-17-10-6-7-12-19(17)21-15-18-11-5-4-9-16(18)13-14-20-2/h3-12,20H,13-15H2,1-2H3/b8-3+. The van der Waals surface area contributed by atoms with Crippen LogP contribution in [0, 0.1) is 0 Å². The van der Waals surface area contributed by atoms with Crippen molar-refractivity contribution in [2.75, 3.05) is 13.6 Å². The molecule has 0 heterocycles. The van der Waals surface area contributed by atoms with Crippen molar-refractivity contribution >= 4 is 6.08 Å². The summed E-state index contributed by atoms with van der Waals surface area (Å²) in [4.78, 5) is 0. The zero-order chi connectivity index (χ0) is 14.9. The van der Waals surface area contributed by atoms with Crippen LogP contribution >= 0.6 is 0 Å². The largest absolute Gasteiger partial charge is 0.488 e. The zero-order valence-corrected chi connectivity index (χ0v) is 12.8. The smallest absolute Gasteiger partial charge is 0.127 e. The van der Waals surface area contributed by atoms with E-state index in [0.29, 0.717) is 6.61 Å². The molecule has 0 amide bonds. The van der Waals surface area contributed by atoms with Gasteiger partial charge < -0.3 is 10.1 Å². The number of benzene rings is 2. The molecule has 0 saturated carbocycles. The molecule has 2 heteroatoms. The van der Waals surface area contributed by atoms with Gasteiger partial charge in [0.25, 0.3) is 0 Å². The van der Waals surface area contributed by atoms with Crippen LogP contribution in [0.2, 0.25) is 0 Å². The van der Waals surface area contributed by atoms with Crippen LogP contribution < -0.4 is 10.1 Å². The first-order valence-corrected chi connectivity index (χ1v) is 7.41. The molecule has 2 aromatic rings. The lowest BCUT2D eigenvalue weighted by Crippen LogP contribution is -2.12. The Labute approximate surface area is 127 Å². The fraction of sp³-hybridized carbons (Fsp3) is 0.263. The molecule has 0 fully saturated rings. The molecule has 2 nitrogen and oxygen atoms in total. The number of rotatable bonds is 7. The van der Waals surface area contributed by atoms with E-state index in [-0.39, 0.29) is 0 Å². The molecule has 0 aliphatic rings. The Morgan fingerprint density at radius 1 is 1.00 bits per heavy atom. The third-order valence-corrected chi connectivity index (χ3v) is 3.41. The van der Waals surface area contributed by atoms with Gasteiger partial charge in [-0.2, -0.15) is 0 Å². The van der Waals surface area contributed by atoms with E-state index in [2.05, 4.69) is 41.7 Å². The maximum Gasteiger partial charge on any atom is 0.127 e. The maximum absolute atomic E-state index is 6.02. The third kappa shape index (κ3) is 4.47. The van der Waals surface area contributed by atoms with Gasteiger partial charge >= 0.3 is 0 Å². The van der Waals surface area contributed by atoms with Crippen LogP contribution in [0.25, 0.3) is 6.08 Å². The quantitative estimate of drug-likeness (QED) is 0.826. The van der Waals surface area contributed by atoms with E-state index >= 15 is 0 Å². The summed E-state index contributed by atoms with van der Waals surface area (Å²) in [7, 11) is 1.98. The highest BCUT2D eigenvalue weighted by Crippen LogP contribution is 2.21. The molecule has 0 unspecified atom stereocenters. The highest BCUT2D eigenvalue weighted by Gasteiger charge is 2.04. The van der Waals surface area contributed by atoms with E-state index in [1.54, 1.807) is 0 Å². The van der Waals surface area contributed by atoms with Gasteiger partial charge in [0.1, 0.15) is 12.4 Å². The first kappa shape index (κ1) is 15.3. The van der Waals surface area contributed by atoms with Crippen molar-refractivity contribution in [3.05, 3.63) is 71.3 Å². The van der Waals surface area contributed by atoms with Crippen LogP contribution in [0.5, 0.6) is 5.75 Å². The molecule has 0 atom stereocenters. The van der Waals surface area contributed by atoms with Crippen molar-refractivity contribution in [2.45, 2.75) is 20.0 Å². The van der Waals surface area contributed by atoms with Crippen molar-refractivity contribution in [1.82, 2.24) is 5.32 Å². The minimum Gasteiger partial charge on any atom is -0.488 e. The van der Waals surface area contributed by atoms with Gasteiger partial charge in [-0.25, -0.2) is 0 Å². The molecule has 21 heavy (non-hydrogen) atoms. The van der Waals surface area contributed by atoms with Gasteiger partial charge in [0.15, 0.2) is 0 Å². The lowest BCUT2D eigenvalue weighted by atomic mass is 10.1. The molecule has 0 aliphatic carbocycles. The summed E-state index contributed by atoms with van der Waals surface area (Å²) in [5.74, 6) is 0.930. The van der Waals surface area contributed by atoms with E-state index in [1.807, 2.05) is 38.2 Å². The van der Waals surface area contributed by atoms with E-state index in [4.69, 9.17) is 4.74 Å². The lowest BCUT2D eigenvalue weighted by Gasteiger charge is -2.12. The van der Waals surface area contributed by atoms with E-state index in [0.717, 1.165) is 24.3 Å². The van der Waals surface area contributed by atoms with Crippen LogP contribution in [0.1, 0.15) is 23.6 Å². The van der Waals surface area contributed by atoms with Gasteiger partial charge in [-0.15, -0.1) is 0 Å². The fourth-order valence-electron chi connectivity index (χ4n) is 2.29. The summed E-state index contributed by atoms with van der Waals surface area (Å²) in [6.07, 6.45) is 5.12. The lowest BCUT2D eigenvalue weighted by molar-refractivity contribution is 0.304. The molecule has 2 rings (SSSR count). The van der Waals surface area contributed by atoms with Crippen LogP contribution in [0.4, 0.5) is 0 Å². The van der Waals surface area contributed by atoms with Crippen molar-refractivity contribution < 1.29 is 4.74 Å². The number of hydrogen-bond acceptors (Lipinski definition) is 2. The second-order valence-electron chi connectivity index (χ2n) is 4.95. The minimum absolute atomic E-state index is 0.606. The minimum atomic E-state index is 0.606. The van der Waals surface area contributed by atoms with Crippen LogP contribution in [-0.2, 0) is 13.0 Å². The van der Waals surface area contributed by atoms with Crippen molar-refractivity contribution in [2.24, 2.45) is 0 Å². The van der Waals surface area contributed by atoms with Crippen LogP contribution in [0.3, 0.4) is 0 Å². The molecule has 110 valence electrons. The van der Waals surface area contributed by atoms with Gasteiger partial charge in [0.05, 0.1) is 0 Å². The molecule has 0 radical (unpaired) electrons. The fourth-order valence-corrected chi connectivity index (χ4v) is 2.29. The maximum atomic E-state index is 6.02. The topological polar surface area (TPSA) is 21.3 Å².